The highest BCUT2D eigenvalue weighted by atomic mass is 31.2. The zero-order valence-corrected chi connectivity index (χ0v) is 35.4. The molecule has 8 atom stereocenters. The quantitative estimate of drug-likeness (QED) is 0.0192. The van der Waals surface area contributed by atoms with Crippen LogP contribution in [0.4, 0.5) is 0 Å². The predicted molar refractivity (Wildman–Crippen MR) is 220 cm³/mol. The van der Waals surface area contributed by atoms with Crippen molar-refractivity contribution in [2.75, 3.05) is 6.61 Å². The molecular formula is C42H80NO12P. The minimum atomic E-state index is -5.11. The number of hydrogen-bond acceptors (Lipinski definition) is 11. The van der Waals surface area contributed by atoms with Gasteiger partial charge in [-0.3, -0.25) is 13.8 Å². The van der Waals surface area contributed by atoms with E-state index in [0.29, 0.717) is 12.8 Å². The van der Waals surface area contributed by atoms with Crippen molar-refractivity contribution in [1.29, 1.82) is 0 Å². The Kier molecular flexibility index (Phi) is 30.7. The maximum Gasteiger partial charge on any atom is 0.472 e. The van der Waals surface area contributed by atoms with E-state index in [0.717, 1.165) is 64.2 Å². The average Bonchev–Trinajstić information content (AvgIpc) is 3.17. The Labute approximate surface area is 337 Å². The number of amides is 1. The number of nitrogens with one attached hydrogen (secondary N) is 1. The first kappa shape index (κ1) is 52.8. The molecule has 0 bridgehead atoms. The van der Waals surface area contributed by atoms with Crippen molar-refractivity contribution in [3.8, 4) is 0 Å². The zero-order chi connectivity index (χ0) is 41.6. The van der Waals surface area contributed by atoms with Crippen LogP contribution in [0.25, 0.3) is 0 Å². The van der Waals surface area contributed by atoms with Crippen molar-refractivity contribution in [3.05, 3.63) is 24.3 Å². The molecule has 0 aromatic carbocycles. The number of carbonyl (C=O) groups is 1. The van der Waals surface area contributed by atoms with Gasteiger partial charge < -0.3 is 46.0 Å². The Balaban J connectivity index is 2.50. The second-order valence-corrected chi connectivity index (χ2v) is 17.2. The van der Waals surface area contributed by atoms with Gasteiger partial charge in [-0.25, -0.2) is 4.57 Å². The molecule has 1 fully saturated rings. The Morgan fingerprint density at radius 1 is 0.625 bits per heavy atom. The Hall–Kier alpha value is -1.22. The van der Waals surface area contributed by atoms with E-state index in [1.165, 1.54) is 70.6 Å². The maximum absolute atomic E-state index is 13.0. The molecule has 56 heavy (non-hydrogen) atoms. The molecule has 1 aliphatic carbocycles. The van der Waals surface area contributed by atoms with E-state index in [1.54, 1.807) is 0 Å². The topological polar surface area (TPSA) is 226 Å². The first-order chi connectivity index (χ1) is 26.8. The number of hydrogen-bond donors (Lipinski definition) is 9. The molecule has 0 spiro atoms. The van der Waals surface area contributed by atoms with Gasteiger partial charge in [-0.05, 0) is 38.5 Å². The molecule has 1 rings (SSSR count). The van der Waals surface area contributed by atoms with E-state index in [4.69, 9.17) is 9.05 Å². The van der Waals surface area contributed by atoms with Crippen LogP contribution in [0.15, 0.2) is 24.3 Å². The number of unbranched alkanes of at least 4 members (excludes halogenated alkanes) is 19. The van der Waals surface area contributed by atoms with Crippen LogP contribution >= 0.6 is 7.82 Å². The first-order valence-corrected chi connectivity index (χ1v) is 23.4. The summed E-state index contributed by atoms with van der Waals surface area (Å²) in [5.74, 6) is -0.567. The van der Waals surface area contributed by atoms with Crippen LogP contribution < -0.4 is 5.32 Å². The van der Waals surface area contributed by atoms with Crippen molar-refractivity contribution >= 4 is 13.7 Å². The molecule has 14 heteroatoms. The smallest absolute Gasteiger partial charge is 0.393 e. The number of aliphatic hydroxyl groups excluding tert-OH is 7. The van der Waals surface area contributed by atoms with Gasteiger partial charge in [0.25, 0.3) is 0 Å². The predicted octanol–water partition coefficient (Wildman–Crippen LogP) is 6.42. The van der Waals surface area contributed by atoms with Gasteiger partial charge in [-0.2, -0.15) is 0 Å². The van der Waals surface area contributed by atoms with Gasteiger partial charge in [0.15, 0.2) is 0 Å². The summed E-state index contributed by atoms with van der Waals surface area (Å²) in [6.45, 7) is 3.71. The van der Waals surface area contributed by atoms with E-state index in [9.17, 15) is 50.0 Å². The van der Waals surface area contributed by atoms with E-state index in [-0.39, 0.29) is 12.8 Å². The zero-order valence-electron chi connectivity index (χ0n) is 34.5. The molecule has 1 amide bonds. The van der Waals surface area contributed by atoms with Crippen molar-refractivity contribution in [3.63, 3.8) is 0 Å². The molecule has 0 saturated heterocycles. The molecular weight excluding hydrogens is 741 g/mol. The lowest BCUT2D eigenvalue weighted by Gasteiger charge is -2.41. The lowest BCUT2D eigenvalue weighted by Crippen LogP contribution is -2.64. The summed E-state index contributed by atoms with van der Waals surface area (Å²) in [6.07, 6.45) is 19.6. The van der Waals surface area contributed by atoms with E-state index in [1.807, 2.05) is 0 Å². The van der Waals surface area contributed by atoms with E-state index < -0.39 is 75.2 Å². The number of rotatable bonds is 35. The second-order valence-electron chi connectivity index (χ2n) is 15.8. The fraction of sp³-hybridized carbons (Fsp3) is 0.881. The molecule has 0 radical (unpaired) electrons. The third-order valence-electron chi connectivity index (χ3n) is 10.6. The van der Waals surface area contributed by atoms with Crippen LogP contribution in [-0.2, 0) is 18.4 Å². The van der Waals surface area contributed by atoms with Crippen LogP contribution in [0.5, 0.6) is 0 Å². The monoisotopic (exact) mass is 822 g/mol. The van der Waals surface area contributed by atoms with Gasteiger partial charge >= 0.3 is 7.82 Å². The first-order valence-electron chi connectivity index (χ1n) is 21.9. The van der Waals surface area contributed by atoms with Crippen LogP contribution in [0, 0.1) is 0 Å². The van der Waals surface area contributed by atoms with Crippen LogP contribution in [0.3, 0.4) is 0 Å². The van der Waals surface area contributed by atoms with Gasteiger partial charge in [0.2, 0.25) is 5.91 Å². The summed E-state index contributed by atoms with van der Waals surface area (Å²) in [6, 6.07) is -1.15. The SMILES string of the molecule is CCCCC/C=C\C=C/CCCCCCCCCCC(O)CC(=O)NC(COP(=O)(O)OC1C(O)C(O)C(O)C(O)C1O)C(O)CCCCCCCCCCC. The molecule has 8 unspecified atom stereocenters. The third-order valence-corrected chi connectivity index (χ3v) is 11.6. The molecule has 13 nitrogen and oxygen atoms in total. The summed E-state index contributed by atoms with van der Waals surface area (Å²) >= 11 is 0. The summed E-state index contributed by atoms with van der Waals surface area (Å²) in [5, 5.41) is 74.3. The van der Waals surface area contributed by atoms with Gasteiger partial charge in [0.1, 0.15) is 36.6 Å². The minimum Gasteiger partial charge on any atom is -0.393 e. The van der Waals surface area contributed by atoms with Gasteiger partial charge in [0.05, 0.1) is 31.3 Å². The maximum atomic E-state index is 13.0. The van der Waals surface area contributed by atoms with Gasteiger partial charge in [-0.1, -0.05) is 154 Å². The summed E-state index contributed by atoms with van der Waals surface area (Å²) in [5.41, 5.74) is 0. The fourth-order valence-corrected chi connectivity index (χ4v) is 7.91. The normalized spacial score (nSPS) is 24.4. The minimum absolute atomic E-state index is 0.226. The summed E-state index contributed by atoms with van der Waals surface area (Å²) in [4.78, 5) is 23.4. The Morgan fingerprint density at radius 2 is 1.04 bits per heavy atom. The van der Waals surface area contributed by atoms with Crippen LogP contribution in [-0.4, -0.2) is 108 Å². The molecule has 0 aromatic heterocycles. The van der Waals surface area contributed by atoms with E-state index >= 15 is 0 Å². The number of allylic oxidation sites excluding steroid dienone is 4. The number of aliphatic hydroxyl groups is 7. The summed E-state index contributed by atoms with van der Waals surface area (Å²) < 4.78 is 22.8. The molecule has 9 N–H and O–H groups in total. The Morgan fingerprint density at radius 3 is 1.55 bits per heavy atom. The number of carbonyl (C=O) groups excluding carboxylic acids is 1. The molecule has 1 saturated carbocycles. The largest absolute Gasteiger partial charge is 0.472 e. The van der Waals surface area contributed by atoms with Crippen LogP contribution in [0.1, 0.15) is 174 Å². The van der Waals surface area contributed by atoms with E-state index in [2.05, 4.69) is 43.5 Å². The third kappa shape index (κ3) is 24.6. The van der Waals surface area contributed by atoms with Crippen molar-refractivity contribution in [1.82, 2.24) is 5.32 Å². The standard InChI is InChI=1S/C42H80NO12P/c1-3-5-7-9-11-13-14-15-16-17-18-19-20-22-23-25-27-29-33(44)31-36(46)43-34(35(45)30-28-26-24-21-12-10-8-6-4-2)32-54-56(52,53)55-42-40(50)38(48)37(47)39(49)41(42)51/h11,13-15,33-35,37-42,44-45,47-51H,3-10,12,16-32H2,1-2H3,(H,43,46)(H,52,53)/b13-11-,15-14-. The molecule has 1 aliphatic rings. The Bertz CT molecular complexity index is 1060. The van der Waals surface area contributed by atoms with Crippen LogP contribution in [0.2, 0.25) is 0 Å². The second kappa shape index (κ2) is 32.6. The number of phosphoric ester groups is 1. The molecule has 0 aromatic rings. The van der Waals surface area contributed by atoms with Crippen molar-refractivity contribution < 1.29 is 59.0 Å². The average molecular weight is 822 g/mol. The van der Waals surface area contributed by atoms with Gasteiger partial charge in [-0.15, -0.1) is 0 Å². The number of phosphoric acid groups is 1. The van der Waals surface area contributed by atoms with Crippen molar-refractivity contribution in [2.45, 2.75) is 229 Å². The highest BCUT2D eigenvalue weighted by Crippen LogP contribution is 2.47. The molecule has 0 aliphatic heterocycles. The molecule has 0 heterocycles. The highest BCUT2D eigenvalue weighted by molar-refractivity contribution is 7.47. The molecule has 330 valence electrons. The fourth-order valence-electron chi connectivity index (χ4n) is 6.94. The summed E-state index contributed by atoms with van der Waals surface area (Å²) in [7, 11) is -5.11. The lowest BCUT2D eigenvalue weighted by molar-refractivity contribution is -0.220. The van der Waals surface area contributed by atoms with Crippen molar-refractivity contribution in [2.24, 2.45) is 0 Å². The lowest BCUT2D eigenvalue weighted by atomic mass is 9.85. The van der Waals surface area contributed by atoms with Gasteiger partial charge in [0, 0.05) is 0 Å². The highest BCUT2D eigenvalue weighted by Gasteiger charge is 2.51.